The van der Waals surface area contributed by atoms with Crippen LogP contribution in [0.1, 0.15) is 6.42 Å². The van der Waals surface area contributed by atoms with E-state index in [1.54, 1.807) is 0 Å². The lowest BCUT2D eigenvalue weighted by Crippen LogP contribution is -2.39. The Morgan fingerprint density at radius 1 is 1.62 bits per heavy atom. The van der Waals surface area contributed by atoms with Crippen LogP contribution in [0.5, 0.6) is 0 Å². The Balaban J connectivity index is 2.07. The summed E-state index contributed by atoms with van der Waals surface area (Å²) in [6, 6.07) is 0.170. The van der Waals surface area contributed by atoms with Crippen molar-refractivity contribution < 1.29 is 4.79 Å². The summed E-state index contributed by atoms with van der Waals surface area (Å²) >= 11 is 0. The van der Waals surface area contributed by atoms with Gasteiger partial charge in [0.05, 0.1) is 6.04 Å². The van der Waals surface area contributed by atoms with Crippen molar-refractivity contribution in [2.75, 3.05) is 6.54 Å². The molecule has 1 aliphatic carbocycles. The molecule has 2 N–H and O–H groups in total. The lowest BCUT2D eigenvalue weighted by molar-refractivity contribution is -0.111. The number of hydrogen-bond donors (Lipinski definition) is 2. The van der Waals surface area contributed by atoms with Gasteiger partial charge in [0.2, 0.25) is 0 Å². The van der Waals surface area contributed by atoms with E-state index < -0.39 is 0 Å². The first-order chi connectivity index (χ1) is 3.89. The zero-order valence-electron chi connectivity index (χ0n) is 4.48. The second kappa shape index (κ2) is 1.30. The molecule has 0 aromatic rings. The van der Waals surface area contributed by atoms with Crippen LogP contribution >= 0.6 is 0 Å². The molecule has 1 saturated carbocycles. The first-order valence-electron chi connectivity index (χ1n) is 2.92. The highest BCUT2D eigenvalue weighted by Gasteiger charge is 2.50. The van der Waals surface area contributed by atoms with Gasteiger partial charge in [-0.2, -0.15) is 0 Å². The van der Waals surface area contributed by atoms with Crippen LogP contribution in [0.3, 0.4) is 0 Å². The Bertz CT molecular complexity index is 120. The molecule has 0 aromatic heterocycles. The molecule has 0 bridgehead atoms. The van der Waals surface area contributed by atoms with Gasteiger partial charge in [-0.1, -0.05) is 0 Å². The van der Waals surface area contributed by atoms with Crippen molar-refractivity contribution in [1.29, 1.82) is 0 Å². The van der Waals surface area contributed by atoms with E-state index in [9.17, 15) is 4.79 Å². The Labute approximate surface area is 47.4 Å². The number of rotatable bonds is 0. The van der Waals surface area contributed by atoms with Crippen molar-refractivity contribution >= 4 is 5.78 Å². The fourth-order valence-corrected chi connectivity index (χ4v) is 1.18. The third-order valence-corrected chi connectivity index (χ3v) is 1.80. The lowest BCUT2D eigenvalue weighted by Gasteiger charge is -2.08. The smallest absolute Gasteiger partial charge is 0.157 e. The van der Waals surface area contributed by atoms with Crippen molar-refractivity contribution in [3.63, 3.8) is 0 Å². The van der Waals surface area contributed by atoms with Crippen molar-refractivity contribution in [1.82, 2.24) is 10.9 Å². The van der Waals surface area contributed by atoms with Gasteiger partial charge in [-0.15, -0.1) is 0 Å². The van der Waals surface area contributed by atoms with E-state index in [1.165, 1.54) is 0 Å². The van der Waals surface area contributed by atoms with Crippen LogP contribution in [0.2, 0.25) is 0 Å². The van der Waals surface area contributed by atoms with Gasteiger partial charge in [-0.05, 0) is 6.42 Å². The molecule has 0 radical (unpaired) electrons. The third kappa shape index (κ3) is 0.428. The lowest BCUT2D eigenvalue weighted by atomic mass is 10.3. The van der Waals surface area contributed by atoms with Gasteiger partial charge in [-0.3, -0.25) is 10.2 Å². The molecule has 0 amide bonds. The summed E-state index contributed by atoms with van der Waals surface area (Å²) in [5.41, 5.74) is 5.84. The number of Topliss-reactive ketones (excluding diaryl/α,β-unsaturated/α-hetero) is 1. The number of ketones is 1. The molecule has 2 fully saturated rings. The van der Waals surface area contributed by atoms with E-state index in [4.69, 9.17) is 0 Å². The highest BCUT2D eigenvalue weighted by atomic mass is 16.1. The van der Waals surface area contributed by atoms with Crippen LogP contribution in [-0.2, 0) is 4.79 Å². The van der Waals surface area contributed by atoms with Gasteiger partial charge in [-0.25, -0.2) is 5.43 Å². The monoisotopic (exact) mass is 112 g/mol. The summed E-state index contributed by atoms with van der Waals surface area (Å²) in [6.07, 6.45) is 1.02. The molecule has 1 heterocycles. The predicted octanol–water partition coefficient (Wildman–Crippen LogP) is -0.948. The number of carbonyl (C=O) groups excluding carboxylic acids is 1. The summed E-state index contributed by atoms with van der Waals surface area (Å²) in [7, 11) is 0. The highest BCUT2D eigenvalue weighted by Crippen LogP contribution is 2.29. The van der Waals surface area contributed by atoms with Gasteiger partial charge in [0, 0.05) is 12.5 Å². The van der Waals surface area contributed by atoms with Gasteiger partial charge < -0.3 is 0 Å². The SMILES string of the molecule is O=C1C2CCNNC12. The Kier molecular flexibility index (Phi) is 0.725. The van der Waals surface area contributed by atoms with Crippen molar-refractivity contribution in [2.45, 2.75) is 12.5 Å². The molecule has 44 valence electrons. The van der Waals surface area contributed by atoms with Crippen molar-refractivity contribution in [3.8, 4) is 0 Å². The molecular weight excluding hydrogens is 104 g/mol. The topological polar surface area (TPSA) is 41.1 Å². The maximum atomic E-state index is 10.6. The molecule has 3 nitrogen and oxygen atoms in total. The van der Waals surface area contributed by atoms with Crippen LogP contribution in [0.15, 0.2) is 0 Å². The Hall–Kier alpha value is -0.410. The summed E-state index contributed by atoms with van der Waals surface area (Å²) in [6.45, 7) is 0.937. The molecule has 8 heavy (non-hydrogen) atoms. The van der Waals surface area contributed by atoms with Crippen molar-refractivity contribution in [3.05, 3.63) is 0 Å². The second-order valence-corrected chi connectivity index (χ2v) is 2.35. The van der Waals surface area contributed by atoms with Crippen LogP contribution in [0.25, 0.3) is 0 Å². The van der Waals surface area contributed by atoms with Crippen LogP contribution in [0.4, 0.5) is 0 Å². The minimum atomic E-state index is 0.170. The average Bonchev–Trinajstić information content (AvgIpc) is 2.46. The van der Waals surface area contributed by atoms with Crippen molar-refractivity contribution in [2.24, 2.45) is 5.92 Å². The first kappa shape index (κ1) is 4.47. The summed E-state index contributed by atoms with van der Waals surface area (Å²) in [4.78, 5) is 10.6. The number of carbonyl (C=O) groups is 1. The van der Waals surface area contributed by atoms with Gasteiger partial charge in [0.15, 0.2) is 5.78 Å². The normalized spacial score (nSPS) is 43.8. The molecule has 2 unspecified atom stereocenters. The highest BCUT2D eigenvalue weighted by molar-refractivity contribution is 6.03. The van der Waals surface area contributed by atoms with Crippen LogP contribution in [-0.4, -0.2) is 18.4 Å². The zero-order chi connectivity index (χ0) is 5.56. The first-order valence-corrected chi connectivity index (χ1v) is 2.92. The van der Waals surface area contributed by atoms with Gasteiger partial charge >= 0.3 is 0 Å². The van der Waals surface area contributed by atoms with E-state index in [0.717, 1.165) is 13.0 Å². The molecule has 1 saturated heterocycles. The standard InChI is InChI=1S/C5H8N2O/c8-5-3-1-2-6-7-4(3)5/h3-4,6-7H,1-2H2. The number of nitrogens with one attached hydrogen (secondary N) is 2. The van der Waals surface area contributed by atoms with E-state index in [0.29, 0.717) is 11.7 Å². The summed E-state index contributed by atoms with van der Waals surface area (Å²) in [5, 5.41) is 0. The number of fused-ring (bicyclic) bond motifs is 1. The quantitative estimate of drug-likeness (QED) is 0.424. The molecule has 1 aliphatic heterocycles. The number of hydrazine groups is 1. The molecule has 0 spiro atoms. The van der Waals surface area contributed by atoms with E-state index in [2.05, 4.69) is 10.9 Å². The molecule has 2 atom stereocenters. The van der Waals surface area contributed by atoms with Crippen LogP contribution in [0, 0.1) is 5.92 Å². The second-order valence-electron chi connectivity index (χ2n) is 2.35. The molecule has 3 heteroatoms. The Morgan fingerprint density at radius 3 is 3.00 bits per heavy atom. The molecule has 0 aromatic carbocycles. The van der Waals surface area contributed by atoms with E-state index in [-0.39, 0.29) is 6.04 Å². The fourth-order valence-electron chi connectivity index (χ4n) is 1.18. The molecular formula is C5H8N2O. The largest absolute Gasteiger partial charge is 0.297 e. The van der Waals surface area contributed by atoms with E-state index >= 15 is 0 Å². The third-order valence-electron chi connectivity index (χ3n) is 1.80. The minimum absolute atomic E-state index is 0.170. The predicted molar refractivity (Wildman–Crippen MR) is 28.0 cm³/mol. The maximum Gasteiger partial charge on any atom is 0.157 e. The maximum absolute atomic E-state index is 10.6. The summed E-state index contributed by atoms with van der Waals surface area (Å²) < 4.78 is 0. The zero-order valence-corrected chi connectivity index (χ0v) is 4.48. The van der Waals surface area contributed by atoms with E-state index in [1.807, 2.05) is 0 Å². The summed E-state index contributed by atoms with van der Waals surface area (Å²) in [5.74, 6) is 0.742. The molecule has 2 rings (SSSR count). The van der Waals surface area contributed by atoms with Gasteiger partial charge in [0.25, 0.3) is 0 Å². The Morgan fingerprint density at radius 2 is 2.50 bits per heavy atom. The number of hydrogen-bond acceptors (Lipinski definition) is 3. The van der Waals surface area contributed by atoms with Gasteiger partial charge in [0.1, 0.15) is 0 Å². The molecule has 2 aliphatic rings. The van der Waals surface area contributed by atoms with Crippen LogP contribution < -0.4 is 10.9 Å². The minimum Gasteiger partial charge on any atom is -0.297 e. The fraction of sp³-hybridized carbons (Fsp3) is 0.800. The average molecular weight is 112 g/mol.